The molecule has 1 heterocycles. The number of anilines is 1. The van der Waals surface area contributed by atoms with Crippen molar-refractivity contribution in [2.24, 2.45) is 0 Å². The second kappa shape index (κ2) is 7.84. The topological polar surface area (TPSA) is 29.5 Å². The molecule has 5 heteroatoms. The smallest absolute Gasteiger partial charge is 0.265 e. The van der Waals surface area contributed by atoms with Crippen molar-refractivity contribution in [3.63, 3.8) is 0 Å². The van der Waals surface area contributed by atoms with Gasteiger partial charge in [0.1, 0.15) is 0 Å². The molecule has 27 heavy (non-hydrogen) atoms. The van der Waals surface area contributed by atoms with Crippen LogP contribution in [0.1, 0.15) is 11.6 Å². The number of amides is 1. The highest BCUT2D eigenvalue weighted by atomic mass is 32.2. The number of thioether (sulfide) groups is 1. The van der Waals surface area contributed by atoms with E-state index in [4.69, 9.17) is 4.74 Å². The summed E-state index contributed by atoms with van der Waals surface area (Å²) in [6, 6.07) is 23.8. The molecular formula is C22H18FNO2S. The molecule has 3 aromatic rings. The minimum Gasteiger partial charge on any atom is -0.481 e. The maximum absolute atomic E-state index is 13.8. The molecule has 4 rings (SSSR count). The van der Waals surface area contributed by atoms with Crippen LogP contribution < -0.4 is 9.64 Å². The Balaban J connectivity index is 1.63. The lowest BCUT2D eigenvalue weighted by atomic mass is 10.1. The zero-order chi connectivity index (χ0) is 18.6. The summed E-state index contributed by atoms with van der Waals surface area (Å²) in [6.07, 6.45) is 0. The van der Waals surface area contributed by atoms with Gasteiger partial charge in [0.2, 0.25) is 0 Å². The van der Waals surface area contributed by atoms with Crippen LogP contribution in [-0.2, 0) is 4.79 Å². The van der Waals surface area contributed by atoms with Gasteiger partial charge in [0, 0.05) is 10.6 Å². The number of ether oxygens (including phenoxy) is 1. The van der Waals surface area contributed by atoms with Crippen LogP contribution in [0.25, 0.3) is 0 Å². The molecular weight excluding hydrogens is 361 g/mol. The average Bonchev–Trinajstić information content (AvgIpc) is 2.72. The average molecular weight is 379 g/mol. The summed E-state index contributed by atoms with van der Waals surface area (Å²) < 4.78 is 19.3. The van der Waals surface area contributed by atoms with Crippen LogP contribution in [0.3, 0.4) is 0 Å². The van der Waals surface area contributed by atoms with Gasteiger partial charge >= 0.3 is 0 Å². The highest BCUT2D eigenvalue weighted by Crippen LogP contribution is 2.43. The van der Waals surface area contributed by atoms with Crippen LogP contribution in [0.5, 0.6) is 5.75 Å². The lowest BCUT2D eigenvalue weighted by Crippen LogP contribution is -2.41. The van der Waals surface area contributed by atoms with E-state index in [2.05, 4.69) is 0 Å². The minimum atomic E-state index is -0.473. The molecule has 0 bridgehead atoms. The van der Waals surface area contributed by atoms with Crippen LogP contribution in [-0.4, -0.2) is 18.3 Å². The second-order valence-corrected chi connectivity index (χ2v) is 7.25. The molecule has 0 radical (unpaired) electrons. The number of hydrogen-bond donors (Lipinski definition) is 0. The Hall–Kier alpha value is -2.79. The molecule has 0 aliphatic carbocycles. The van der Waals surface area contributed by atoms with E-state index in [1.54, 1.807) is 28.8 Å². The van der Waals surface area contributed by atoms with Crippen molar-refractivity contribution < 1.29 is 13.9 Å². The molecule has 3 aromatic carbocycles. The van der Waals surface area contributed by atoms with Crippen LogP contribution in [0.15, 0.2) is 83.8 Å². The van der Waals surface area contributed by atoms with Gasteiger partial charge in [0.15, 0.2) is 18.2 Å². The number of para-hydroxylation sites is 2. The van der Waals surface area contributed by atoms with E-state index in [9.17, 15) is 9.18 Å². The van der Waals surface area contributed by atoms with Gasteiger partial charge in [-0.1, -0.05) is 54.6 Å². The monoisotopic (exact) mass is 379 g/mol. The lowest BCUT2D eigenvalue weighted by Gasteiger charge is -2.37. The van der Waals surface area contributed by atoms with E-state index in [0.717, 1.165) is 21.9 Å². The summed E-state index contributed by atoms with van der Waals surface area (Å²) in [6.45, 7) is -0.219. The molecule has 136 valence electrons. The van der Waals surface area contributed by atoms with Crippen molar-refractivity contribution in [2.75, 3.05) is 17.3 Å². The molecule has 1 aliphatic heterocycles. The summed E-state index contributed by atoms with van der Waals surface area (Å²) >= 11 is 1.74. The normalized spacial score (nSPS) is 15.9. The molecule has 0 aromatic heterocycles. The first-order valence-electron chi connectivity index (χ1n) is 8.70. The summed E-state index contributed by atoms with van der Waals surface area (Å²) in [5.74, 6) is 0.174. The van der Waals surface area contributed by atoms with Gasteiger partial charge in [0.05, 0.1) is 11.7 Å². The molecule has 0 saturated heterocycles. The fraction of sp³-hybridized carbons (Fsp3) is 0.136. The van der Waals surface area contributed by atoms with Gasteiger partial charge in [0.25, 0.3) is 5.91 Å². The van der Waals surface area contributed by atoms with E-state index < -0.39 is 5.82 Å². The van der Waals surface area contributed by atoms with E-state index >= 15 is 0 Å². The summed E-state index contributed by atoms with van der Waals surface area (Å²) in [5.41, 5.74) is 1.93. The maximum Gasteiger partial charge on any atom is 0.265 e. The standard InChI is InChI=1S/C22H18FNO2S/c23-17-10-4-6-12-20(17)26-14-22(25)24-18-11-5-7-13-21(18)27-15-19(24)16-8-2-1-3-9-16/h1-13,19H,14-15H2/t19-/m0/s1. The number of benzene rings is 3. The Morgan fingerprint density at radius 3 is 2.52 bits per heavy atom. The van der Waals surface area contributed by atoms with E-state index in [0.29, 0.717) is 0 Å². The minimum absolute atomic E-state index is 0.0850. The summed E-state index contributed by atoms with van der Waals surface area (Å²) in [5, 5.41) is 0. The Bertz CT molecular complexity index is 948. The van der Waals surface area contributed by atoms with Crippen LogP contribution in [0.4, 0.5) is 10.1 Å². The quantitative estimate of drug-likeness (QED) is 0.633. The van der Waals surface area contributed by atoms with Gasteiger partial charge in [-0.15, -0.1) is 11.8 Å². The van der Waals surface area contributed by atoms with Gasteiger partial charge in [-0.25, -0.2) is 4.39 Å². The number of hydrogen-bond acceptors (Lipinski definition) is 3. The lowest BCUT2D eigenvalue weighted by molar-refractivity contribution is -0.121. The Morgan fingerprint density at radius 1 is 1.00 bits per heavy atom. The highest BCUT2D eigenvalue weighted by molar-refractivity contribution is 7.99. The first-order chi connectivity index (χ1) is 13.2. The third-order valence-corrected chi connectivity index (χ3v) is 5.61. The molecule has 1 atom stereocenters. The van der Waals surface area contributed by atoms with Crippen LogP contribution in [0.2, 0.25) is 0 Å². The Kier molecular flexibility index (Phi) is 5.12. The third-order valence-electron chi connectivity index (χ3n) is 4.47. The fourth-order valence-corrected chi connectivity index (χ4v) is 4.36. The van der Waals surface area contributed by atoms with E-state index in [1.807, 2.05) is 54.6 Å². The number of nitrogens with zero attached hydrogens (tertiary/aromatic N) is 1. The number of rotatable bonds is 4. The predicted octanol–water partition coefficient (Wildman–Crippen LogP) is 5.08. The number of carbonyl (C=O) groups is 1. The molecule has 3 nitrogen and oxygen atoms in total. The SMILES string of the molecule is O=C(COc1ccccc1F)N1c2ccccc2SC[C@H]1c1ccccc1. The van der Waals surface area contributed by atoms with E-state index in [-0.39, 0.29) is 24.3 Å². The maximum atomic E-state index is 13.8. The molecule has 0 unspecified atom stereocenters. The molecule has 0 fully saturated rings. The Morgan fingerprint density at radius 2 is 1.70 bits per heavy atom. The molecule has 1 amide bonds. The van der Waals surface area contributed by atoms with Crippen molar-refractivity contribution in [1.29, 1.82) is 0 Å². The number of halogens is 1. The van der Waals surface area contributed by atoms with Crippen molar-refractivity contribution in [2.45, 2.75) is 10.9 Å². The molecule has 0 N–H and O–H groups in total. The summed E-state index contributed by atoms with van der Waals surface area (Å²) in [7, 11) is 0. The third kappa shape index (κ3) is 3.69. The number of carbonyl (C=O) groups excluding carboxylic acids is 1. The summed E-state index contributed by atoms with van der Waals surface area (Å²) in [4.78, 5) is 15.9. The van der Waals surface area contributed by atoms with Crippen molar-refractivity contribution in [3.05, 3.63) is 90.2 Å². The molecule has 1 aliphatic rings. The zero-order valence-corrected chi connectivity index (χ0v) is 15.4. The van der Waals surface area contributed by atoms with Crippen molar-refractivity contribution >= 4 is 23.4 Å². The van der Waals surface area contributed by atoms with Gasteiger partial charge in [-0.3, -0.25) is 9.69 Å². The van der Waals surface area contributed by atoms with Crippen LogP contribution in [0, 0.1) is 5.82 Å². The second-order valence-electron chi connectivity index (χ2n) is 6.19. The highest BCUT2D eigenvalue weighted by Gasteiger charge is 2.32. The molecule has 0 saturated carbocycles. The van der Waals surface area contributed by atoms with Gasteiger partial charge in [-0.05, 0) is 29.8 Å². The first-order valence-corrected chi connectivity index (χ1v) is 9.69. The van der Waals surface area contributed by atoms with Crippen molar-refractivity contribution in [1.82, 2.24) is 0 Å². The van der Waals surface area contributed by atoms with Gasteiger partial charge in [-0.2, -0.15) is 0 Å². The van der Waals surface area contributed by atoms with Crippen LogP contribution >= 0.6 is 11.8 Å². The number of fused-ring (bicyclic) bond motifs is 1. The van der Waals surface area contributed by atoms with E-state index in [1.165, 1.54) is 12.1 Å². The van der Waals surface area contributed by atoms with Crippen molar-refractivity contribution in [3.8, 4) is 5.75 Å². The largest absolute Gasteiger partial charge is 0.481 e. The van der Waals surface area contributed by atoms with Gasteiger partial charge < -0.3 is 4.74 Å². The first kappa shape index (κ1) is 17.6. The predicted molar refractivity (Wildman–Crippen MR) is 106 cm³/mol. The molecule has 0 spiro atoms. The Labute approximate surface area is 161 Å². The fourth-order valence-electron chi connectivity index (χ4n) is 3.19. The zero-order valence-electron chi connectivity index (χ0n) is 14.5.